The van der Waals surface area contributed by atoms with E-state index < -0.39 is 6.10 Å². The molecule has 0 spiro atoms. The second kappa shape index (κ2) is 5.68. The van der Waals surface area contributed by atoms with E-state index in [0.29, 0.717) is 6.42 Å². The Morgan fingerprint density at radius 1 is 1.00 bits per heavy atom. The molecule has 94 valence electrons. The molecular formula is C16H17BrO. The topological polar surface area (TPSA) is 20.2 Å². The Morgan fingerprint density at radius 2 is 1.67 bits per heavy atom. The minimum atomic E-state index is -0.444. The Balaban J connectivity index is 2.13. The average Bonchev–Trinajstić information content (AvgIpc) is 2.34. The molecule has 0 aliphatic carbocycles. The Labute approximate surface area is 117 Å². The number of hydrogen-bond acceptors (Lipinski definition) is 1. The molecule has 18 heavy (non-hydrogen) atoms. The van der Waals surface area contributed by atoms with Crippen LogP contribution in [0.2, 0.25) is 0 Å². The molecule has 2 aromatic rings. The van der Waals surface area contributed by atoms with Gasteiger partial charge in [0.05, 0.1) is 6.10 Å². The number of hydrogen-bond donors (Lipinski definition) is 1. The third kappa shape index (κ3) is 3.21. The third-order valence-electron chi connectivity index (χ3n) is 3.26. The molecule has 0 bridgehead atoms. The lowest BCUT2D eigenvalue weighted by Crippen LogP contribution is -2.02. The minimum Gasteiger partial charge on any atom is -0.388 e. The molecule has 2 aromatic carbocycles. The summed E-state index contributed by atoms with van der Waals surface area (Å²) in [6.45, 7) is 4.20. The van der Waals surface area contributed by atoms with E-state index in [1.54, 1.807) is 0 Å². The number of rotatable bonds is 3. The summed E-state index contributed by atoms with van der Waals surface area (Å²) >= 11 is 3.40. The first-order valence-corrected chi connectivity index (χ1v) is 6.85. The number of benzene rings is 2. The van der Waals surface area contributed by atoms with Crippen molar-refractivity contribution in [2.45, 2.75) is 26.4 Å². The fourth-order valence-corrected chi connectivity index (χ4v) is 2.22. The van der Waals surface area contributed by atoms with Crippen molar-refractivity contribution in [1.82, 2.24) is 0 Å². The highest BCUT2D eigenvalue weighted by molar-refractivity contribution is 9.10. The van der Waals surface area contributed by atoms with Crippen molar-refractivity contribution < 1.29 is 5.11 Å². The van der Waals surface area contributed by atoms with Gasteiger partial charge in [-0.1, -0.05) is 46.3 Å². The van der Waals surface area contributed by atoms with E-state index in [1.165, 1.54) is 16.7 Å². The van der Waals surface area contributed by atoms with Gasteiger partial charge in [-0.3, -0.25) is 0 Å². The summed E-state index contributed by atoms with van der Waals surface area (Å²) in [5, 5.41) is 10.2. The number of aliphatic hydroxyl groups excluding tert-OH is 1. The van der Waals surface area contributed by atoms with E-state index in [9.17, 15) is 5.11 Å². The quantitative estimate of drug-likeness (QED) is 0.894. The molecule has 0 fully saturated rings. The first kappa shape index (κ1) is 13.3. The van der Waals surface area contributed by atoms with Crippen LogP contribution in [0, 0.1) is 13.8 Å². The lowest BCUT2D eigenvalue weighted by atomic mass is 9.98. The van der Waals surface area contributed by atoms with Crippen molar-refractivity contribution in [2.75, 3.05) is 0 Å². The first-order chi connectivity index (χ1) is 8.56. The second-order valence-electron chi connectivity index (χ2n) is 4.69. The fraction of sp³-hybridized carbons (Fsp3) is 0.250. The van der Waals surface area contributed by atoms with Crippen LogP contribution in [0.5, 0.6) is 0 Å². The molecule has 1 atom stereocenters. The van der Waals surface area contributed by atoms with Crippen molar-refractivity contribution in [3.05, 3.63) is 69.2 Å². The second-order valence-corrected chi connectivity index (χ2v) is 5.61. The summed E-state index contributed by atoms with van der Waals surface area (Å²) < 4.78 is 1.03. The zero-order valence-electron chi connectivity index (χ0n) is 10.7. The zero-order chi connectivity index (χ0) is 13.1. The molecule has 0 aliphatic heterocycles. The van der Waals surface area contributed by atoms with Gasteiger partial charge in [-0.2, -0.15) is 0 Å². The molecular weight excluding hydrogens is 288 g/mol. The van der Waals surface area contributed by atoms with Crippen molar-refractivity contribution in [1.29, 1.82) is 0 Å². The van der Waals surface area contributed by atoms with E-state index in [-0.39, 0.29) is 0 Å². The van der Waals surface area contributed by atoms with Gasteiger partial charge in [0.2, 0.25) is 0 Å². The molecule has 0 aliphatic rings. The summed E-state index contributed by atoms with van der Waals surface area (Å²) in [4.78, 5) is 0. The summed E-state index contributed by atoms with van der Waals surface area (Å²) in [6.07, 6.45) is 0.211. The Hall–Kier alpha value is -1.12. The largest absolute Gasteiger partial charge is 0.388 e. The van der Waals surface area contributed by atoms with Crippen molar-refractivity contribution in [3.8, 4) is 0 Å². The van der Waals surface area contributed by atoms with E-state index in [4.69, 9.17) is 0 Å². The van der Waals surface area contributed by atoms with Crippen LogP contribution in [-0.4, -0.2) is 5.11 Å². The van der Waals surface area contributed by atoms with Gasteiger partial charge in [-0.15, -0.1) is 0 Å². The first-order valence-electron chi connectivity index (χ1n) is 6.06. The van der Waals surface area contributed by atoms with Gasteiger partial charge in [0.1, 0.15) is 0 Å². The van der Waals surface area contributed by atoms with Crippen LogP contribution in [0.25, 0.3) is 0 Å². The number of halogens is 1. The maximum Gasteiger partial charge on any atom is 0.0830 e. The predicted molar refractivity (Wildman–Crippen MR) is 78.7 cm³/mol. The molecule has 0 radical (unpaired) electrons. The van der Waals surface area contributed by atoms with Crippen molar-refractivity contribution in [2.24, 2.45) is 0 Å². The lowest BCUT2D eigenvalue weighted by molar-refractivity contribution is 0.178. The van der Waals surface area contributed by atoms with Gasteiger partial charge in [0.15, 0.2) is 0 Å². The van der Waals surface area contributed by atoms with E-state index in [0.717, 1.165) is 10.0 Å². The molecule has 0 aromatic heterocycles. The molecule has 1 N–H and O–H groups in total. The Kier molecular flexibility index (Phi) is 4.20. The van der Waals surface area contributed by atoms with E-state index >= 15 is 0 Å². The van der Waals surface area contributed by atoms with Gasteiger partial charge < -0.3 is 5.11 Å². The predicted octanol–water partition coefficient (Wildman–Crippen LogP) is 4.34. The molecule has 0 amide bonds. The summed E-state index contributed by atoms with van der Waals surface area (Å²) in [7, 11) is 0. The van der Waals surface area contributed by atoms with Crippen LogP contribution in [0.15, 0.2) is 46.9 Å². The molecule has 1 nitrogen and oxygen atoms in total. The van der Waals surface area contributed by atoms with Gasteiger partial charge >= 0.3 is 0 Å². The molecule has 0 saturated carbocycles. The fourth-order valence-electron chi connectivity index (χ4n) is 1.96. The minimum absolute atomic E-state index is 0.444. The van der Waals surface area contributed by atoms with Crippen LogP contribution < -0.4 is 0 Å². The normalized spacial score (nSPS) is 12.4. The van der Waals surface area contributed by atoms with Crippen LogP contribution >= 0.6 is 15.9 Å². The Morgan fingerprint density at radius 3 is 2.28 bits per heavy atom. The van der Waals surface area contributed by atoms with Gasteiger partial charge in [0, 0.05) is 10.9 Å². The summed E-state index contributed by atoms with van der Waals surface area (Å²) in [5.41, 5.74) is 4.69. The number of aryl methyl sites for hydroxylation is 2. The van der Waals surface area contributed by atoms with Gasteiger partial charge in [-0.05, 0) is 48.2 Å². The highest BCUT2D eigenvalue weighted by Gasteiger charge is 2.08. The van der Waals surface area contributed by atoms with Crippen LogP contribution in [0.1, 0.15) is 28.4 Å². The van der Waals surface area contributed by atoms with E-state index in [2.05, 4.69) is 48.0 Å². The van der Waals surface area contributed by atoms with Gasteiger partial charge in [-0.25, -0.2) is 0 Å². The summed E-state index contributed by atoms with van der Waals surface area (Å²) in [5.74, 6) is 0. The van der Waals surface area contributed by atoms with Crippen LogP contribution in [-0.2, 0) is 6.42 Å². The van der Waals surface area contributed by atoms with Gasteiger partial charge in [0.25, 0.3) is 0 Å². The van der Waals surface area contributed by atoms with Crippen LogP contribution in [0.4, 0.5) is 0 Å². The van der Waals surface area contributed by atoms with Crippen molar-refractivity contribution in [3.63, 3.8) is 0 Å². The maximum absolute atomic E-state index is 10.2. The standard InChI is InChI=1S/C16H17BrO/c1-11-3-4-13(9-12(11)2)10-16(18)14-5-7-15(17)8-6-14/h3-9,16,18H,10H2,1-2H3. The monoisotopic (exact) mass is 304 g/mol. The highest BCUT2D eigenvalue weighted by Crippen LogP contribution is 2.21. The molecule has 2 rings (SSSR count). The van der Waals surface area contributed by atoms with E-state index in [1.807, 2.05) is 24.3 Å². The summed E-state index contributed by atoms with van der Waals surface area (Å²) in [6, 6.07) is 14.2. The average molecular weight is 305 g/mol. The molecule has 2 heteroatoms. The zero-order valence-corrected chi connectivity index (χ0v) is 12.2. The molecule has 0 saturated heterocycles. The smallest absolute Gasteiger partial charge is 0.0830 e. The molecule has 1 unspecified atom stereocenters. The SMILES string of the molecule is Cc1ccc(CC(O)c2ccc(Br)cc2)cc1C. The lowest BCUT2D eigenvalue weighted by Gasteiger charge is -2.12. The molecule has 0 heterocycles. The third-order valence-corrected chi connectivity index (χ3v) is 3.78. The Bertz CT molecular complexity index is 531. The maximum atomic E-state index is 10.2. The highest BCUT2D eigenvalue weighted by atomic mass is 79.9. The van der Waals surface area contributed by atoms with Crippen LogP contribution in [0.3, 0.4) is 0 Å². The number of aliphatic hydroxyl groups is 1. The van der Waals surface area contributed by atoms with Crippen molar-refractivity contribution >= 4 is 15.9 Å².